The van der Waals surface area contributed by atoms with Crippen LogP contribution in [0.4, 0.5) is 17.1 Å². The summed E-state index contributed by atoms with van der Waals surface area (Å²) in [6.07, 6.45) is 1.40. The number of sulfonamides is 1. The molecule has 0 bridgehead atoms. The second-order valence-corrected chi connectivity index (χ2v) is 10.1. The largest absolute Gasteiger partial charge is 0.369 e. The van der Waals surface area contributed by atoms with Crippen molar-refractivity contribution in [2.45, 2.75) is 19.4 Å². The van der Waals surface area contributed by atoms with E-state index in [-0.39, 0.29) is 5.91 Å². The highest BCUT2D eigenvalue weighted by atomic mass is 35.5. The molecule has 1 N–H and O–H groups in total. The minimum Gasteiger partial charge on any atom is -0.369 e. The zero-order valence-electron chi connectivity index (χ0n) is 18.1. The molecular formula is C22H29ClN4O3S. The van der Waals surface area contributed by atoms with Gasteiger partial charge in [0.15, 0.2) is 0 Å². The van der Waals surface area contributed by atoms with Gasteiger partial charge in [0.05, 0.1) is 11.9 Å². The molecule has 1 unspecified atom stereocenters. The fraction of sp³-hybridized carbons (Fsp3) is 0.409. The van der Waals surface area contributed by atoms with Crippen molar-refractivity contribution in [3.63, 3.8) is 0 Å². The van der Waals surface area contributed by atoms with Gasteiger partial charge in [0.2, 0.25) is 15.9 Å². The van der Waals surface area contributed by atoms with Crippen molar-refractivity contribution in [2.24, 2.45) is 0 Å². The Labute approximate surface area is 189 Å². The number of benzene rings is 2. The number of nitrogens with one attached hydrogen (secondary N) is 1. The number of amides is 1. The number of hydrogen-bond donors (Lipinski definition) is 1. The third-order valence-corrected chi connectivity index (χ3v) is 6.81. The zero-order chi connectivity index (χ0) is 22.6. The summed E-state index contributed by atoms with van der Waals surface area (Å²) in [6, 6.07) is 13.3. The van der Waals surface area contributed by atoms with Gasteiger partial charge in [0.1, 0.15) is 6.04 Å². The third-order valence-electron chi connectivity index (χ3n) is 5.40. The Morgan fingerprint density at radius 1 is 1.13 bits per heavy atom. The van der Waals surface area contributed by atoms with Crippen molar-refractivity contribution in [3.8, 4) is 0 Å². The van der Waals surface area contributed by atoms with Crippen LogP contribution in [0.25, 0.3) is 0 Å². The van der Waals surface area contributed by atoms with Gasteiger partial charge in [0, 0.05) is 42.6 Å². The number of rotatable bonds is 7. The van der Waals surface area contributed by atoms with Gasteiger partial charge in [-0.3, -0.25) is 9.10 Å². The Hall–Kier alpha value is -2.29. The zero-order valence-corrected chi connectivity index (χ0v) is 19.7. The van der Waals surface area contributed by atoms with Crippen LogP contribution in [0, 0.1) is 0 Å². The van der Waals surface area contributed by atoms with E-state index in [1.165, 1.54) is 0 Å². The van der Waals surface area contributed by atoms with Crippen molar-refractivity contribution in [3.05, 3.63) is 53.6 Å². The molecule has 1 amide bonds. The molecule has 168 valence electrons. The molecule has 1 aliphatic rings. The molecule has 0 aromatic heterocycles. The van der Waals surface area contributed by atoms with Gasteiger partial charge >= 0.3 is 0 Å². The van der Waals surface area contributed by atoms with E-state index < -0.39 is 16.1 Å². The monoisotopic (exact) mass is 464 g/mol. The third kappa shape index (κ3) is 5.90. The molecule has 3 rings (SSSR count). The fourth-order valence-electron chi connectivity index (χ4n) is 3.72. The first-order valence-electron chi connectivity index (χ1n) is 10.3. The van der Waals surface area contributed by atoms with Crippen LogP contribution in [0.2, 0.25) is 5.02 Å². The number of likely N-dealkylation sites (N-methyl/N-ethyl adjacent to an activating group) is 1. The van der Waals surface area contributed by atoms with Crippen LogP contribution in [-0.4, -0.2) is 64.7 Å². The van der Waals surface area contributed by atoms with Crippen molar-refractivity contribution < 1.29 is 13.2 Å². The van der Waals surface area contributed by atoms with Crippen LogP contribution in [0.15, 0.2) is 48.5 Å². The standard InChI is InChI=1S/C22H29ClN4O3S/c1-4-21(27(31(3,29)30)20-7-5-6-17(23)16-20)22(28)24-18-8-10-19(11-9-18)26-14-12-25(2)13-15-26/h5-11,16,21H,4,12-15H2,1-3H3,(H,24,28). The van der Waals surface area contributed by atoms with Crippen molar-refractivity contribution in [2.75, 3.05) is 54.0 Å². The highest BCUT2D eigenvalue weighted by Crippen LogP contribution is 2.26. The Bertz CT molecular complexity index is 1010. The first kappa shape index (κ1) is 23.4. The molecule has 2 aromatic rings. The lowest BCUT2D eigenvalue weighted by molar-refractivity contribution is -0.117. The summed E-state index contributed by atoms with van der Waals surface area (Å²) in [7, 11) is -1.59. The van der Waals surface area contributed by atoms with Crippen molar-refractivity contribution in [1.29, 1.82) is 0 Å². The first-order chi connectivity index (χ1) is 14.7. The van der Waals surface area contributed by atoms with Gasteiger partial charge in [0.25, 0.3) is 0 Å². The molecule has 0 radical (unpaired) electrons. The molecular weight excluding hydrogens is 436 g/mol. The van der Waals surface area contributed by atoms with Gasteiger partial charge in [-0.25, -0.2) is 8.42 Å². The van der Waals surface area contributed by atoms with Gasteiger partial charge in [-0.15, -0.1) is 0 Å². The lowest BCUT2D eigenvalue weighted by atomic mass is 10.1. The second kappa shape index (κ2) is 9.89. The van der Waals surface area contributed by atoms with Crippen LogP contribution in [0.5, 0.6) is 0 Å². The number of anilines is 3. The molecule has 1 heterocycles. The van der Waals surface area contributed by atoms with Crippen LogP contribution < -0.4 is 14.5 Å². The molecule has 1 aliphatic heterocycles. The molecule has 0 saturated carbocycles. The normalized spacial score (nSPS) is 16.1. The molecule has 2 aromatic carbocycles. The van der Waals surface area contributed by atoms with E-state index in [0.717, 1.165) is 42.4 Å². The maximum Gasteiger partial charge on any atom is 0.248 e. The molecule has 1 fully saturated rings. The van der Waals surface area contributed by atoms with Gasteiger partial charge in [-0.2, -0.15) is 0 Å². The van der Waals surface area contributed by atoms with E-state index in [2.05, 4.69) is 22.2 Å². The summed E-state index contributed by atoms with van der Waals surface area (Å²) in [5.41, 5.74) is 2.10. The molecule has 0 spiro atoms. The van der Waals surface area contributed by atoms with Crippen LogP contribution in [0.3, 0.4) is 0 Å². The van der Waals surface area contributed by atoms with Gasteiger partial charge < -0.3 is 15.1 Å². The fourth-order valence-corrected chi connectivity index (χ4v) is 5.11. The molecule has 1 atom stereocenters. The Kier molecular flexibility index (Phi) is 7.46. The highest BCUT2D eigenvalue weighted by molar-refractivity contribution is 7.92. The lowest BCUT2D eigenvalue weighted by Gasteiger charge is -2.34. The van der Waals surface area contributed by atoms with E-state index in [4.69, 9.17) is 11.6 Å². The van der Waals surface area contributed by atoms with Crippen molar-refractivity contribution >= 4 is 44.6 Å². The van der Waals surface area contributed by atoms with E-state index in [1.807, 2.05) is 24.3 Å². The Balaban J connectivity index is 1.76. The minimum absolute atomic E-state index is 0.310. The Morgan fingerprint density at radius 3 is 2.32 bits per heavy atom. The quantitative estimate of drug-likeness (QED) is 0.680. The van der Waals surface area contributed by atoms with Crippen LogP contribution >= 0.6 is 11.6 Å². The maximum atomic E-state index is 13.0. The van der Waals surface area contributed by atoms with E-state index in [1.54, 1.807) is 31.2 Å². The van der Waals surface area contributed by atoms with Crippen molar-refractivity contribution in [1.82, 2.24) is 4.90 Å². The minimum atomic E-state index is -3.71. The Morgan fingerprint density at radius 2 is 1.77 bits per heavy atom. The number of nitrogens with zero attached hydrogens (tertiary/aromatic N) is 3. The molecule has 31 heavy (non-hydrogen) atoms. The molecule has 9 heteroatoms. The summed E-state index contributed by atoms with van der Waals surface area (Å²) in [5, 5.41) is 3.27. The molecule has 7 nitrogen and oxygen atoms in total. The van der Waals surface area contributed by atoms with E-state index >= 15 is 0 Å². The number of carbonyl (C=O) groups is 1. The predicted octanol–water partition coefficient (Wildman–Crippen LogP) is 3.28. The topological polar surface area (TPSA) is 73.0 Å². The lowest BCUT2D eigenvalue weighted by Crippen LogP contribution is -2.47. The van der Waals surface area contributed by atoms with Gasteiger partial charge in [-0.05, 0) is 55.9 Å². The predicted molar refractivity (Wildman–Crippen MR) is 128 cm³/mol. The second-order valence-electron chi connectivity index (χ2n) is 7.79. The highest BCUT2D eigenvalue weighted by Gasteiger charge is 2.31. The number of piperazine rings is 1. The summed E-state index contributed by atoms with van der Waals surface area (Å²) < 4.78 is 26.2. The summed E-state index contributed by atoms with van der Waals surface area (Å²) >= 11 is 6.05. The van der Waals surface area contributed by atoms with Crippen LogP contribution in [-0.2, 0) is 14.8 Å². The SMILES string of the molecule is CCC(C(=O)Nc1ccc(N2CCN(C)CC2)cc1)N(c1cccc(Cl)c1)S(C)(=O)=O. The van der Waals surface area contributed by atoms with E-state index in [9.17, 15) is 13.2 Å². The smallest absolute Gasteiger partial charge is 0.248 e. The summed E-state index contributed by atoms with van der Waals surface area (Å²) in [5.74, 6) is -0.389. The summed E-state index contributed by atoms with van der Waals surface area (Å²) in [4.78, 5) is 17.7. The number of hydrogen-bond acceptors (Lipinski definition) is 5. The molecule has 0 aliphatic carbocycles. The molecule has 1 saturated heterocycles. The average Bonchev–Trinajstić information content (AvgIpc) is 2.72. The summed E-state index contributed by atoms with van der Waals surface area (Å²) in [6.45, 7) is 5.73. The van der Waals surface area contributed by atoms with E-state index in [0.29, 0.717) is 22.8 Å². The maximum absolute atomic E-state index is 13.0. The van der Waals surface area contributed by atoms with Crippen LogP contribution in [0.1, 0.15) is 13.3 Å². The van der Waals surface area contributed by atoms with Gasteiger partial charge in [-0.1, -0.05) is 24.6 Å². The first-order valence-corrected chi connectivity index (χ1v) is 12.5. The average molecular weight is 465 g/mol. The number of halogens is 1. The number of carbonyl (C=O) groups excluding carboxylic acids is 1.